The Hall–Kier alpha value is 0.480. The monoisotopic (exact) mass is 682 g/mol. The van der Waals surface area contributed by atoms with Gasteiger partial charge < -0.3 is 0 Å². The Morgan fingerprint density at radius 2 is 1.07 bits per heavy atom. The van der Waals surface area contributed by atoms with Crippen molar-refractivity contribution >= 4 is 120 Å². The molecule has 0 aliphatic heterocycles. The smallest absolute Gasteiger partial charge is 0.223 e. The Morgan fingerprint density at radius 3 is 1.44 bits per heavy atom. The second-order valence-electron chi connectivity index (χ2n) is 3.83. The zero-order chi connectivity index (χ0) is 20.6. The van der Waals surface area contributed by atoms with E-state index in [0.29, 0.717) is 19.8 Å². The molecule has 15 heteroatoms. The van der Waals surface area contributed by atoms with Gasteiger partial charge in [-0.1, -0.05) is 46.4 Å². The molecule has 3 aromatic heterocycles. The van der Waals surface area contributed by atoms with Gasteiger partial charge in [0.15, 0.2) is 5.15 Å². The Balaban J connectivity index is 0.000000202. The summed E-state index contributed by atoms with van der Waals surface area (Å²) < 4.78 is 1.45. The lowest BCUT2D eigenvalue weighted by Gasteiger charge is -1.91. The number of hydrogen-bond donors (Lipinski definition) is 0. The van der Waals surface area contributed by atoms with Crippen molar-refractivity contribution in [1.82, 2.24) is 29.9 Å². The minimum atomic E-state index is 0.101. The summed E-state index contributed by atoms with van der Waals surface area (Å²) in [5.74, 6) is 0. The zero-order valence-corrected chi connectivity index (χ0v) is 21.4. The molecule has 0 N–H and O–H groups in total. The van der Waals surface area contributed by atoms with Gasteiger partial charge in [-0.3, -0.25) is 0 Å². The first-order valence-corrected chi connectivity index (χ1v) is 10.6. The van der Waals surface area contributed by atoms with Crippen LogP contribution in [0.4, 0.5) is 0 Å². The van der Waals surface area contributed by atoms with Crippen molar-refractivity contribution < 1.29 is 0 Å². The molecular formula is C12H3BrCl7IN6. The van der Waals surface area contributed by atoms with Gasteiger partial charge in [0, 0.05) is 12.4 Å². The molecule has 3 heterocycles. The van der Waals surface area contributed by atoms with Crippen LogP contribution in [-0.4, -0.2) is 29.9 Å². The van der Waals surface area contributed by atoms with Crippen LogP contribution in [0.1, 0.15) is 0 Å². The lowest BCUT2D eigenvalue weighted by molar-refractivity contribution is 1.15. The second-order valence-corrected chi connectivity index (χ2v) is 8.35. The highest BCUT2D eigenvalue weighted by atomic mass is 127. The summed E-state index contributed by atoms with van der Waals surface area (Å²) in [4.78, 5) is 21.8. The van der Waals surface area contributed by atoms with Gasteiger partial charge in [0.05, 0.1) is 19.3 Å². The van der Waals surface area contributed by atoms with Gasteiger partial charge in [0.25, 0.3) is 0 Å². The third-order valence-electron chi connectivity index (χ3n) is 2.02. The number of hydrogen-bond acceptors (Lipinski definition) is 6. The summed E-state index contributed by atoms with van der Waals surface area (Å²) in [6, 6.07) is 0. The van der Waals surface area contributed by atoms with E-state index in [1.807, 2.05) is 22.6 Å². The molecule has 0 saturated carbocycles. The minimum Gasteiger partial charge on any atom is -0.225 e. The van der Waals surface area contributed by atoms with E-state index < -0.39 is 0 Å². The summed E-state index contributed by atoms with van der Waals surface area (Å²) in [5, 5.41) is 1.65. The topological polar surface area (TPSA) is 77.3 Å². The Bertz CT molecular complexity index is 802. The predicted octanol–water partition coefficient (Wildman–Crippen LogP) is 7.37. The standard InChI is InChI=1S/C4HBrCl2N2.C4HCl3N2.C4HCl2IN2/c2*5-2-1-8-4(7)9-3(2)6;5-3-2(7)1-8-4(6)9-3/h3*1H. The molecule has 0 bridgehead atoms. The SMILES string of the molecule is Clc1ncc(Br)c(Cl)n1.Clc1ncc(Cl)c(Cl)n1.Clc1ncc(I)c(Cl)n1. The Morgan fingerprint density at radius 1 is 0.630 bits per heavy atom. The van der Waals surface area contributed by atoms with Gasteiger partial charge in [-0.2, -0.15) is 0 Å². The molecule has 0 aromatic carbocycles. The number of halogens is 9. The van der Waals surface area contributed by atoms with Crippen LogP contribution in [0.25, 0.3) is 0 Å². The molecule has 6 nitrogen and oxygen atoms in total. The first-order valence-electron chi connectivity index (χ1n) is 6.10. The zero-order valence-electron chi connectivity index (χ0n) is 12.3. The largest absolute Gasteiger partial charge is 0.225 e. The molecule has 0 unspecified atom stereocenters. The molecule has 0 spiro atoms. The van der Waals surface area contributed by atoms with Crippen LogP contribution in [0.2, 0.25) is 36.3 Å². The van der Waals surface area contributed by atoms with Crippen LogP contribution < -0.4 is 0 Å². The van der Waals surface area contributed by atoms with Gasteiger partial charge in [-0.15, -0.1) is 0 Å². The molecule has 0 aliphatic carbocycles. The molecule has 144 valence electrons. The van der Waals surface area contributed by atoms with Crippen molar-refractivity contribution in [2.75, 3.05) is 0 Å². The summed E-state index contributed by atoms with van der Waals surface area (Å²) in [6.45, 7) is 0. The van der Waals surface area contributed by atoms with Crippen molar-refractivity contribution in [3.05, 3.63) is 63.0 Å². The van der Waals surface area contributed by atoms with Gasteiger partial charge in [0.2, 0.25) is 15.9 Å². The third-order valence-corrected chi connectivity index (χ3v) is 5.72. The van der Waals surface area contributed by atoms with Crippen LogP contribution in [0, 0.1) is 3.57 Å². The number of rotatable bonds is 0. The summed E-state index contributed by atoms with van der Waals surface area (Å²) in [6.07, 6.45) is 4.41. The van der Waals surface area contributed by atoms with E-state index in [1.165, 1.54) is 12.4 Å². The molecule has 3 rings (SSSR count). The maximum Gasteiger partial charge on any atom is 0.223 e. The predicted molar refractivity (Wildman–Crippen MR) is 122 cm³/mol. The van der Waals surface area contributed by atoms with Crippen molar-refractivity contribution in [1.29, 1.82) is 0 Å². The summed E-state index contributed by atoms with van der Waals surface area (Å²) in [7, 11) is 0. The highest BCUT2D eigenvalue weighted by molar-refractivity contribution is 14.1. The van der Waals surface area contributed by atoms with Crippen LogP contribution in [0.3, 0.4) is 0 Å². The fourth-order valence-corrected chi connectivity index (χ4v) is 2.44. The van der Waals surface area contributed by atoms with Crippen molar-refractivity contribution in [2.45, 2.75) is 0 Å². The fraction of sp³-hybridized carbons (Fsp3) is 0. The third kappa shape index (κ3) is 10.2. The Labute approximate surface area is 210 Å². The second kappa shape index (κ2) is 12.9. The number of nitrogens with zero attached hydrogens (tertiary/aromatic N) is 6. The van der Waals surface area contributed by atoms with Gasteiger partial charge in [-0.05, 0) is 73.3 Å². The van der Waals surface area contributed by atoms with Crippen molar-refractivity contribution in [2.24, 2.45) is 0 Å². The minimum absolute atomic E-state index is 0.101. The fourth-order valence-electron chi connectivity index (χ4n) is 0.979. The van der Waals surface area contributed by atoms with Gasteiger partial charge >= 0.3 is 0 Å². The van der Waals surface area contributed by atoms with E-state index in [2.05, 4.69) is 45.8 Å². The van der Waals surface area contributed by atoms with Crippen molar-refractivity contribution in [3.63, 3.8) is 0 Å². The maximum absolute atomic E-state index is 5.57. The highest BCUT2D eigenvalue weighted by Gasteiger charge is 1.99. The molecule has 0 saturated heterocycles. The molecule has 27 heavy (non-hydrogen) atoms. The summed E-state index contributed by atoms with van der Waals surface area (Å²) in [5.41, 5.74) is 0. The van der Waals surface area contributed by atoms with Crippen LogP contribution >= 0.6 is 120 Å². The normalized spacial score (nSPS) is 9.67. The molecule has 0 amide bonds. The first-order chi connectivity index (χ1) is 12.6. The van der Waals surface area contributed by atoms with E-state index in [4.69, 9.17) is 81.2 Å². The van der Waals surface area contributed by atoms with Crippen LogP contribution in [-0.2, 0) is 0 Å². The lowest BCUT2D eigenvalue weighted by Crippen LogP contribution is -1.84. The molecule has 0 fully saturated rings. The molecule has 0 atom stereocenters. The number of aromatic nitrogens is 6. The van der Waals surface area contributed by atoms with E-state index in [0.717, 1.165) is 3.57 Å². The molecular weight excluding hydrogens is 683 g/mol. The Kier molecular flexibility index (Phi) is 12.2. The van der Waals surface area contributed by atoms with E-state index >= 15 is 0 Å². The lowest BCUT2D eigenvalue weighted by atomic mass is 10.7. The highest BCUT2D eigenvalue weighted by Crippen LogP contribution is 2.19. The molecule has 0 radical (unpaired) electrons. The van der Waals surface area contributed by atoms with Gasteiger partial charge in [-0.25, -0.2) is 29.9 Å². The van der Waals surface area contributed by atoms with E-state index in [-0.39, 0.29) is 21.0 Å². The average molecular weight is 686 g/mol. The quantitative estimate of drug-likeness (QED) is 0.140. The molecule has 3 aromatic rings. The average Bonchev–Trinajstić information content (AvgIpc) is 2.60. The van der Waals surface area contributed by atoms with Crippen LogP contribution in [0.15, 0.2) is 23.1 Å². The van der Waals surface area contributed by atoms with E-state index in [9.17, 15) is 0 Å². The van der Waals surface area contributed by atoms with Crippen molar-refractivity contribution in [3.8, 4) is 0 Å². The van der Waals surface area contributed by atoms with E-state index in [1.54, 1.807) is 6.20 Å². The first kappa shape index (κ1) is 25.5. The van der Waals surface area contributed by atoms with Gasteiger partial charge in [0.1, 0.15) is 10.3 Å². The molecule has 0 aliphatic rings. The maximum atomic E-state index is 5.57. The van der Waals surface area contributed by atoms with Crippen LogP contribution in [0.5, 0.6) is 0 Å². The summed E-state index contributed by atoms with van der Waals surface area (Å²) >= 11 is 43.3.